The minimum atomic E-state index is -1.94. The van der Waals surface area contributed by atoms with Crippen molar-refractivity contribution in [1.29, 1.82) is 0 Å². The van der Waals surface area contributed by atoms with E-state index in [-0.39, 0.29) is 0 Å². The molecule has 2 fully saturated rings. The normalized spacial score (nSPS) is 28.5. The highest BCUT2D eigenvalue weighted by atomic mass is 16.8. The number of hydrogen-bond acceptors (Lipinski definition) is 17. The predicted octanol–water partition coefficient (Wildman–Crippen LogP) is 4.18. The van der Waals surface area contributed by atoms with Crippen molar-refractivity contribution in [2.75, 3.05) is 13.2 Å². The van der Waals surface area contributed by atoms with Gasteiger partial charge in [0.1, 0.15) is 37.6 Å². The van der Waals surface area contributed by atoms with E-state index in [0.29, 0.717) is 0 Å². The van der Waals surface area contributed by atoms with Crippen LogP contribution < -0.4 is 0 Å². The van der Waals surface area contributed by atoms with E-state index in [1.807, 2.05) is 0 Å². The predicted molar refractivity (Wildman–Crippen MR) is 209 cm³/mol. The lowest BCUT2D eigenvalue weighted by Gasteiger charge is -2.48. The molecule has 10 atom stereocenters. The van der Waals surface area contributed by atoms with Gasteiger partial charge in [-0.1, -0.05) is 0 Å². The first-order valence-corrected chi connectivity index (χ1v) is 19.9. The number of rotatable bonds is 10. The number of aliphatic hydroxyl groups excluding tert-OH is 2. The van der Waals surface area contributed by atoms with Crippen molar-refractivity contribution in [2.24, 2.45) is 32.5 Å². The monoisotopic (exact) mass is 846 g/mol. The summed E-state index contributed by atoms with van der Waals surface area (Å²) in [4.78, 5) is 80.1. The van der Waals surface area contributed by atoms with Gasteiger partial charge in [-0.05, 0) is 125 Å². The minimum absolute atomic E-state index is 0.595. The average molecular weight is 847 g/mol. The fourth-order valence-electron chi connectivity index (χ4n) is 4.97. The van der Waals surface area contributed by atoms with Crippen LogP contribution in [0.25, 0.3) is 0 Å². The van der Waals surface area contributed by atoms with Crippen LogP contribution in [0, 0.1) is 32.5 Å². The Kier molecular flexibility index (Phi) is 16.4. The second-order valence-electron chi connectivity index (χ2n) is 21.4. The van der Waals surface area contributed by atoms with Crippen molar-refractivity contribution in [1.82, 2.24) is 0 Å². The van der Waals surface area contributed by atoms with Crippen LogP contribution in [-0.4, -0.2) is 121 Å². The van der Waals surface area contributed by atoms with E-state index in [2.05, 4.69) is 0 Å². The molecule has 2 heterocycles. The molecular formula is C42H70O17. The van der Waals surface area contributed by atoms with E-state index in [4.69, 9.17) is 42.6 Å². The molecular weight excluding hydrogens is 776 g/mol. The first-order valence-electron chi connectivity index (χ1n) is 19.9. The standard InChI is InChI=1S/C42H70O17/c1-37(2,3)31(45)51-19-21-24(23(43)26(29(44)53-21)57-34(48)40(10,11)12)55-30-28(59-36(50)42(16,17)18)27(58-35(49)41(13,14)15)25(56-33(47)39(7,8)9)22(54-30)20-52-32(46)38(4,5)6/h21-30,43-44H,19-20H2,1-18H3/t21-,22-,23+,24-,25-,26-,27+,28-,29-,30-/m1/s1. The first-order chi connectivity index (χ1) is 26.4. The number of carbonyl (C=O) groups is 6. The second kappa shape index (κ2) is 18.7. The molecule has 2 rings (SSSR count). The van der Waals surface area contributed by atoms with Crippen LogP contribution in [0.2, 0.25) is 0 Å². The molecule has 2 aliphatic heterocycles. The van der Waals surface area contributed by atoms with E-state index in [1.165, 1.54) is 0 Å². The molecule has 0 saturated carbocycles. The number of ether oxygens (including phenoxy) is 9. The van der Waals surface area contributed by atoms with E-state index in [0.717, 1.165) is 0 Å². The fraction of sp³-hybridized carbons (Fsp3) is 0.857. The van der Waals surface area contributed by atoms with Crippen LogP contribution in [0.3, 0.4) is 0 Å². The molecule has 0 aliphatic carbocycles. The molecule has 2 aliphatic rings. The topological polar surface area (TPSA) is 226 Å². The van der Waals surface area contributed by atoms with E-state index >= 15 is 0 Å². The number of hydrogen-bond donors (Lipinski definition) is 2. The van der Waals surface area contributed by atoms with Crippen LogP contribution in [0.1, 0.15) is 125 Å². The Balaban J connectivity index is 2.90. The van der Waals surface area contributed by atoms with Crippen molar-refractivity contribution in [3.8, 4) is 0 Å². The van der Waals surface area contributed by atoms with Gasteiger partial charge in [-0.3, -0.25) is 28.8 Å². The quantitative estimate of drug-likeness (QED) is 0.232. The maximum atomic E-state index is 13.7. The summed E-state index contributed by atoms with van der Waals surface area (Å²) in [6.07, 6.45) is -17.2. The Morgan fingerprint density at radius 1 is 0.407 bits per heavy atom. The van der Waals surface area contributed by atoms with E-state index < -0.39 is 143 Å². The molecule has 0 spiro atoms. The Bertz CT molecular complexity index is 1510. The van der Waals surface area contributed by atoms with Gasteiger partial charge in [-0.2, -0.15) is 0 Å². The lowest BCUT2D eigenvalue weighted by Crippen LogP contribution is -2.67. The maximum Gasteiger partial charge on any atom is 0.311 e. The number of aliphatic hydroxyl groups is 2. The molecule has 0 unspecified atom stereocenters. The summed E-state index contributed by atoms with van der Waals surface area (Å²) >= 11 is 0. The van der Waals surface area contributed by atoms with Gasteiger partial charge in [-0.25, -0.2) is 0 Å². The summed E-state index contributed by atoms with van der Waals surface area (Å²) in [5, 5.41) is 22.9. The molecule has 0 amide bonds. The Labute approximate surface area is 348 Å². The van der Waals surface area contributed by atoms with Crippen molar-refractivity contribution < 1.29 is 81.6 Å². The minimum Gasteiger partial charge on any atom is -0.462 e. The molecule has 0 radical (unpaired) electrons. The van der Waals surface area contributed by atoms with Gasteiger partial charge in [0.25, 0.3) is 0 Å². The third-order valence-corrected chi connectivity index (χ3v) is 8.92. The third kappa shape index (κ3) is 14.4. The van der Waals surface area contributed by atoms with Gasteiger partial charge >= 0.3 is 35.8 Å². The average Bonchev–Trinajstić information content (AvgIpc) is 3.05. The van der Waals surface area contributed by atoms with Crippen molar-refractivity contribution in [3.63, 3.8) is 0 Å². The van der Waals surface area contributed by atoms with Crippen molar-refractivity contribution >= 4 is 35.8 Å². The van der Waals surface area contributed by atoms with E-state index in [9.17, 15) is 39.0 Å². The zero-order valence-electron chi connectivity index (χ0n) is 38.2. The van der Waals surface area contributed by atoms with Crippen LogP contribution >= 0.6 is 0 Å². The van der Waals surface area contributed by atoms with Crippen LogP contribution in [0.4, 0.5) is 0 Å². The van der Waals surface area contributed by atoms with Gasteiger partial charge in [-0.15, -0.1) is 0 Å². The smallest absolute Gasteiger partial charge is 0.311 e. The van der Waals surface area contributed by atoms with Crippen molar-refractivity contribution in [3.05, 3.63) is 0 Å². The lowest BCUT2D eigenvalue weighted by atomic mass is 9.92. The largest absolute Gasteiger partial charge is 0.462 e. The summed E-state index contributed by atoms with van der Waals surface area (Å²) in [5.41, 5.74) is -6.50. The zero-order valence-corrected chi connectivity index (χ0v) is 38.2. The van der Waals surface area contributed by atoms with Gasteiger partial charge in [0.2, 0.25) is 0 Å². The van der Waals surface area contributed by atoms with Gasteiger partial charge in [0.15, 0.2) is 37.0 Å². The fourth-order valence-corrected chi connectivity index (χ4v) is 4.97. The first kappa shape index (κ1) is 51.8. The van der Waals surface area contributed by atoms with Gasteiger partial charge in [0.05, 0.1) is 32.5 Å². The maximum absolute atomic E-state index is 13.7. The molecule has 0 aromatic rings. The highest BCUT2D eigenvalue weighted by Crippen LogP contribution is 2.37. The Hall–Kier alpha value is -3.38. The summed E-state index contributed by atoms with van der Waals surface area (Å²) in [5.74, 6) is -4.58. The highest BCUT2D eigenvalue weighted by molar-refractivity contribution is 5.78. The van der Waals surface area contributed by atoms with Gasteiger partial charge in [0, 0.05) is 0 Å². The van der Waals surface area contributed by atoms with Crippen LogP contribution in [-0.2, 0) is 71.4 Å². The van der Waals surface area contributed by atoms with Crippen LogP contribution in [0.15, 0.2) is 0 Å². The molecule has 17 nitrogen and oxygen atoms in total. The van der Waals surface area contributed by atoms with Crippen LogP contribution in [0.5, 0.6) is 0 Å². The molecule has 0 bridgehead atoms. The third-order valence-electron chi connectivity index (χ3n) is 8.92. The lowest BCUT2D eigenvalue weighted by molar-refractivity contribution is -0.358. The summed E-state index contributed by atoms with van der Waals surface area (Å²) in [6.45, 7) is 27.3. The summed E-state index contributed by atoms with van der Waals surface area (Å²) in [7, 11) is 0. The van der Waals surface area contributed by atoms with Gasteiger partial charge < -0.3 is 52.8 Å². The highest BCUT2D eigenvalue weighted by Gasteiger charge is 2.58. The molecule has 59 heavy (non-hydrogen) atoms. The molecule has 2 saturated heterocycles. The molecule has 2 N–H and O–H groups in total. The molecule has 0 aromatic carbocycles. The number of carbonyl (C=O) groups excluding carboxylic acids is 6. The Morgan fingerprint density at radius 3 is 1.07 bits per heavy atom. The molecule has 0 aromatic heterocycles. The number of esters is 6. The zero-order chi connectivity index (χ0) is 46.0. The second-order valence-corrected chi connectivity index (χ2v) is 21.4. The molecule has 340 valence electrons. The summed E-state index contributed by atoms with van der Waals surface area (Å²) in [6, 6.07) is 0. The van der Waals surface area contributed by atoms with Crippen molar-refractivity contribution in [2.45, 2.75) is 186 Å². The Morgan fingerprint density at radius 2 is 0.712 bits per heavy atom. The SMILES string of the molecule is CC(C)(C)C(=O)OC[C@H]1O[C@@H](O)[C@H](OC(=O)C(C)(C)C)[C@@H](O)[C@@H]1O[C@H]1O[C@H](COC(=O)C(C)(C)C)[C@@H](OC(=O)C(C)(C)C)[C@H](OC(=O)C(C)(C)C)[C@H]1OC(=O)C(C)(C)C. The van der Waals surface area contributed by atoms with E-state index in [1.54, 1.807) is 125 Å². The molecule has 17 heteroatoms. The summed E-state index contributed by atoms with van der Waals surface area (Å²) < 4.78 is 53.4.